The van der Waals surface area contributed by atoms with Crippen molar-refractivity contribution in [3.63, 3.8) is 0 Å². The molecule has 1 heterocycles. The molecule has 0 radical (unpaired) electrons. The van der Waals surface area contributed by atoms with Crippen LogP contribution in [0.5, 0.6) is 0 Å². The number of aliphatic hydroxyl groups excluding tert-OH is 1. The summed E-state index contributed by atoms with van der Waals surface area (Å²) in [6.07, 6.45) is -6.95. The van der Waals surface area contributed by atoms with Gasteiger partial charge < -0.3 is 34.1 Å². The van der Waals surface area contributed by atoms with Crippen molar-refractivity contribution < 1.29 is 52.8 Å². The maximum Gasteiger partial charge on any atom is 0.303 e. The first-order chi connectivity index (χ1) is 13.1. The van der Waals surface area contributed by atoms with E-state index in [9.17, 15) is 29.1 Å². The lowest BCUT2D eigenvalue weighted by molar-refractivity contribution is -0.278. The van der Waals surface area contributed by atoms with Gasteiger partial charge in [0.25, 0.3) is 0 Å². The van der Waals surface area contributed by atoms with Gasteiger partial charge in [-0.1, -0.05) is 0 Å². The fourth-order valence-electron chi connectivity index (χ4n) is 2.70. The first kappa shape index (κ1) is 23.3. The lowest BCUT2D eigenvalue weighted by Gasteiger charge is -2.45. The van der Waals surface area contributed by atoms with Crippen molar-refractivity contribution in [1.82, 2.24) is 5.32 Å². The van der Waals surface area contributed by atoms with E-state index in [4.69, 9.17) is 23.7 Å². The van der Waals surface area contributed by atoms with Gasteiger partial charge >= 0.3 is 23.9 Å². The summed E-state index contributed by atoms with van der Waals surface area (Å²) in [5.41, 5.74) is 0. The third-order valence-electron chi connectivity index (χ3n) is 3.60. The first-order valence-corrected chi connectivity index (χ1v) is 8.25. The summed E-state index contributed by atoms with van der Waals surface area (Å²) in [5, 5.41) is 12.5. The number of amides is 1. The molecule has 1 aliphatic heterocycles. The Labute approximate surface area is 160 Å². The molecule has 0 bridgehead atoms. The molecular weight excluding hydrogens is 382 g/mol. The summed E-state index contributed by atoms with van der Waals surface area (Å²) in [7, 11) is 0. The third kappa shape index (κ3) is 6.78. The topological polar surface area (TPSA) is 164 Å². The molecule has 158 valence electrons. The van der Waals surface area contributed by atoms with Crippen LogP contribution in [0, 0.1) is 0 Å². The van der Waals surface area contributed by atoms with Gasteiger partial charge in [0.1, 0.15) is 18.8 Å². The smallest absolute Gasteiger partial charge is 0.303 e. The van der Waals surface area contributed by atoms with Gasteiger partial charge in [-0.05, 0) is 0 Å². The second-order valence-electron chi connectivity index (χ2n) is 5.90. The number of aliphatic hydroxyl groups is 1. The molecule has 0 spiro atoms. The van der Waals surface area contributed by atoms with Crippen LogP contribution in [0.1, 0.15) is 27.7 Å². The van der Waals surface area contributed by atoms with Crippen LogP contribution >= 0.6 is 0 Å². The zero-order chi connectivity index (χ0) is 21.4. The van der Waals surface area contributed by atoms with Gasteiger partial charge in [-0.2, -0.15) is 0 Å². The lowest BCUT2D eigenvalue weighted by Crippen LogP contribution is -2.67. The van der Waals surface area contributed by atoms with Gasteiger partial charge in [-0.15, -0.1) is 0 Å². The SMILES string of the molecule is CC(=O)OC[C@@H](OC(C)=O)[C@@H]1O[C@H](O)[C@@H](NC=O)[C@H](OC(C)=O)[C@H]1OC(C)=O. The number of rotatable bonds is 8. The molecule has 1 amide bonds. The van der Waals surface area contributed by atoms with Crippen LogP contribution in [0.2, 0.25) is 0 Å². The fraction of sp³-hybridized carbons (Fsp3) is 0.688. The molecule has 1 fully saturated rings. The van der Waals surface area contributed by atoms with Crippen LogP contribution < -0.4 is 5.32 Å². The highest BCUT2D eigenvalue weighted by Crippen LogP contribution is 2.28. The normalized spacial score (nSPS) is 27.7. The Hall–Kier alpha value is -2.73. The number of nitrogens with one attached hydrogen (secondary N) is 1. The van der Waals surface area contributed by atoms with Crippen LogP contribution in [0.3, 0.4) is 0 Å². The zero-order valence-corrected chi connectivity index (χ0v) is 15.8. The van der Waals surface area contributed by atoms with E-state index in [1.807, 2.05) is 0 Å². The molecule has 1 aliphatic rings. The van der Waals surface area contributed by atoms with Gasteiger partial charge in [-0.3, -0.25) is 24.0 Å². The summed E-state index contributed by atoms with van der Waals surface area (Å²) in [4.78, 5) is 56.5. The van der Waals surface area contributed by atoms with Gasteiger partial charge in [0, 0.05) is 27.7 Å². The molecule has 1 rings (SSSR count). The van der Waals surface area contributed by atoms with Crippen molar-refractivity contribution in [3.8, 4) is 0 Å². The van der Waals surface area contributed by atoms with E-state index in [-0.39, 0.29) is 6.41 Å². The van der Waals surface area contributed by atoms with Gasteiger partial charge in [0.2, 0.25) is 6.41 Å². The Kier molecular flexibility index (Phi) is 8.79. The minimum absolute atomic E-state index is 0.237. The average molecular weight is 405 g/mol. The molecule has 0 aromatic heterocycles. The second kappa shape index (κ2) is 10.6. The van der Waals surface area contributed by atoms with Crippen molar-refractivity contribution in [3.05, 3.63) is 0 Å². The summed E-state index contributed by atoms with van der Waals surface area (Å²) >= 11 is 0. The lowest BCUT2D eigenvalue weighted by atomic mass is 9.93. The van der Waals surface area contributed by atoms with Crippen molar-refractivity contribution >= 4 is 30.3 Å². The molecule has 12 nitrogen and oxygen atoms in total. The molecular formula is C16H23NO11. The number of ether oxygens (including phenoxy) is 5. The average Bonchev–Trinajstić information content (AvgIpc) is 2.56. The quantitative estimate of drug-likeness (QED) is 0.265. The number of hydrogen-bond donors (Lipinski definition) is 2. The molecule has 0 aliphatic carbocycles. The van der Waals surface area contributed by atoms with Crippen LogP contribution in [0.25, 0.3) is 0 Å². The minimum Gasteiger partial charge on any atom is -0.462 e. The maximum atomic E-state index is 11.6. The highest BCUT2D eigenvalue weighted by molar-refractivity contribution is 5.68. The van der Waals surface area contributed by atoms with Crippen molar-refractivity contribution in [1.29, 1.82) is 0 Å². The molecule has 2 N–H and O–H groups in total. The van der Waals surface area contributed by atoms with Crippen molar-refractivity contribution in [2.24, 2.45) is 0 Å². The molecule has 0 unspecified atom stereocenters. The Morgan fingerprint density at radius 3 is 2.04 bits per heavy atom. The van der Waals surface area contributed by atoms with Crippen LogP contribution in [-0.4, -0.2) is 78.7 Å². The molecule has 0 saturated carbocycles. The number of carbonyl (C=O) groups is 5. The zero-order valence-electron chi connectivity index (χ0n) is 15.8. The molecule has 28 heavy (non-hydrogen) atoms. The fourth-order valence-corrected chi connectivity index (χ4v) is 2.70. The number of carbonyl (C=O) groups excluding carboxylic acids is 5. The van der Waals surface area contributed by atoms with E-state index >= 15 is 0 Å². The molecule has 0 aromatic rings. The predicted molar refractivity (Wildman–Crippen MR) is 87.2 cm³/mol. The number of esters is 4. The highest BCUT2D eigenvalue weighted by Gasteiger charge is 2.53. The predicted octanol–water partition coefficient (Wildman–Crippen LogP) is -1.82. The van der Waals surface area contributed by atoms with Crippen LogP contribution in [0.15, 0.2) is 0 Å². The molecule has 1 saturated heterocycles. The van der Waals surface area contributed by atoms with E-state index in [1.54, 1.807) is 0 Å². The van der Waals surface area contributed by atoms with E-state index in [0.717, 1.165) is 27.7 Å². The summed E-state index contributed by atoms with van der Waals surface area (Å²) in [5.74, 6) is -3.05. The number of hydrogen-bond acceptors (Lipinski definition) is 11. The van der Waals surface area contributed by atoms with Crippen molar-refractivity contribution in [2.45, 2.75) is 64.4 Å². The second-order valence-corrected chi connectivity index (χ2v) is 5.90. The Bertz CT molecular complexity index is 607. The summed E-state index contributed by atoms with van der Waals surface area (Å²) < 4.78 is 25.6. The van der Waals surface area contributed by atoms with E-state index < -0.39 is 67.2 Å². The van der Waals surface area contributed by atoms with E-state index in [0.29, 0.717) is 0 Å². The van der Waals surface area contributed by atoms with Gasteiger partial charge in [0.15, 0.2) is 24.6 Å². The summed E-state index contributed by atoms with van der Waals surface area (Å²) in [6, 6.07) is -1.28. The van der Waals surface area contributed by atoms with Crippen LogP contribution in [0.4, 0.5) is 0 Å². The Morgan fingerprint density at radius 2 is 1.57 bits per heavy atom. The minimum atomic E-state index is -1.72. The van der Waals surface area contributed by atoms with Gasteiger partial charge in [0.05, 0.1) is 0 Å². The molecule has 6 atom stereocenters. The van der Waals surface area contributed by atoms with E-state index in [2.05, 4.69) is 5.32 Å². The standard InChI is InChI=1S/C16H23NO11/c1-7(19)24-5-11(25-8(2)20)13-15(27-10(4)22)14(26-9(3)21)12(17-6-18)16(23)28-13/h6,11-16,23H,5H2,1-4H3,(H,17,18)/t11-,12+,13+,14+,15+,16+/m1/s1. The largest absolute Gasteiger partial charge is 0.462 e. The first-order valence-electron chi connectivity index (χ1n) is 8.25. The highest BCUT2D eigenvalue weighted by atomic mass is 16.7. The monoisotopic (exact) mass is 405 g/mol. The maximum absolute atomic E-state index is 11.6. The van der Waals surface area contributed by atoms with Crippen molar-refractivity contribution in [2.75, 3.05) is 6.61 Å². The Balaban J connectivity index is 3.30. The Morgan fingerprint density at radius 1 is 1.00 bits per heavy atom. The third-order valence-corrected chi connectivity index (χ3v) is 3.60. The summed E-state index contributed by atoms with van der Waals surface area (Å²) in [6.45, 7) is 3.87. The molecule has 12 heteroatoms. The van der Waals surface area contributed by atoms with E-state index in [1.165, 1.54) is 0 Å². The molecule has 0 aromatic carbocycles. The van der Waals surface area contributed by atoms with Gasteiger partial charge in [-0.25, -0.2) is 0 Å². The van der Waals surface area contributed by atoms with Crippen LogP contribution in [-0.2, 0) is 47.7 Å².